The van der Waals surface area contributed by atoms with Crippen molar-refractivity contribution in [3.05, 3.63) is 59.2 Å². The molecule has 0 radical (unpaired) electrons. The lowest BCUT2D eigenvalue weighted by molar-refractivity contribution is -0.124. The van der Waals surface area contributed by atoms with Crippen molar-refractivity contribution in [2.75, 3.05) is 6.61 Å². The van der Waals surface area contributed by atoms with E-state index in [4.69, 9.17) is 5.11 Å². The number of hydrogen-bond acceptors (Lipinski definition) is 2. The summed E-state index contributed by atoms with van der Waals surface area (Å²) in [4.78, 5) is 12.7. The average Bonchev–Trinajstić information content (AvgIpc) is 2.90. The van der Waals surface area contributed by atoms with Crippen molar-refractivity contribution in [2.45, 2.75) is 45.7 Å². The molecule has 1 amide bonds. The van der Waals surface area contributed by atoms with Gasteiger partial charge >= 0.3 is 0 Å². The Morgan fingerprint density at radius 3 is 2.33 bits per heavy atom. The van der Waals surface area contributed by atoms with E-state index in [1.165, 1.54) is 12.1 Å². The molecule has 130 valence electrons. The molecule has 4 nitrogen and oxygen atoms in total. The second kappa shape index (κ2) is 8.64. The standard InChI is InChI=1S/C19H25FN2O2/c1-14-6-7-15(2)22(14)18(5-3-4-12-23)19(24)21-13-16-8-10-17(20)11-9-16/h6-11,18,23H,3-5,12-13H2,1-2H3,(H,21,24). The number of unbranched alkanes of at least 4 members (excludes halogenated alkanes) is 1. The number of nitrogens with zero attached hydrogens (tertiary/aromatic N) is 1. The number of carbonyl (C=O) groups is 1. The Bertz CT molecular complexity index is 645. The molecule has 0 bridgehead atoms. The van der Waals surface area contributed by atoms with Gasteiger partial charge in [0.25, 0.3) is 0 Å². The van der Waals surface area contributed by atoms with Crippen molar-refractivity contribution < 1.29 is 14.3 Å². The van der Waals surface area contributed by atoms with Gasteiger partial charge in [-0.1, -0.05) is 12.1 Å². The molecular weight excluding hydrogens is 307 g/mol. The Morgan fingerprint density at radius 1 is 1.12 bits per heavy atom. The minimum atomic E-state index is -0.299. The Kier molecular flexibility index (Phi) is 6.55. The fourth-order valence-electron chi connectivity index (χ4n) is 2.91. The topological polar surface area (TPSA) is 54.3 Å². The van der Waals surface area contributed by atoms with Crippen LogP contribution in [0.3, 0.4) is 0 Å². The number of rotatable bonds is 8. The second-order valence-electron chi connectivity index (χ2n) is 6.07. The number of aryl methyl sites for hydroxylation is 2. The highest BCUT2D eigenvalue weighted by molar-refractivity contribution is 5.80. The zero-order chi connectivity index (χ0) is 17.5. The van der Waals surface area contributed by atoms with Gasteiger partial charge in [0.2, 0.25) is 5.91 Å². The van der Waals surface area contributed by atoms with Gasteiger partial charge in [-0.05, 0) is 62.9 Å². The molecule has 5 heteroatoms. The van der Waals surface area contributed by atoms with Crippen molar-refractivity contribution in [1.29, 1.82) is 0 Å². The molecule has 2 N–H and O–H groups in total. The van der Waals surface area contributed by atoms with E-state index in [2.05, 4.69) is 5.32 Å². The highest BCUT2D eigenvalue weighted by atomic mass is 19.1. The van der Waals surface area contributed by atoms with Gasteiger partial charge in [-0.2, -0.15) is 0 Å². The molecule has 0 spiro atoms. The predicted molar refractivity (Wildman–Crippen MR) is 92.1 cm³/mol. The van der Waals surface area contributed by atoms with Crippen LogP contribution in [-0.4, -0.2) is 22.2 Å². The predicted octanol–water partition coefficient (Wildman–Crippen LogP) is 3.26. The smallest absolute Gasteiger partial charge is 0.243 e. The van der Waals surface area contributed by atoms with Crippen LogP contribution in [-0.2, 0) is 11.3 Å². The number of aliphatic hydroxyl groups excluding tert-OH is 1. The molecule has 1 atom stereocenters. The monoisotopic (exact) mass is 332 g/mol. The van der Waals surface area contributed by atoms with Gasteiger partial charge in [0.05, 0.1) is 0 Å². The number of halogens is 1. The third kappa shape index (κ3) is 4.68. The number of hydrogen-bond donors (Lipinski definition) is 2. The number of amides is 1. The van der Waals surface area contributed by atoms with Gasteiger partial charge in [0.1, 0.15) is 11.9 Å². The normalized spacial score (nSPS) is 12.2. The molecule has 0 aliphatic rings. The summed E-state index contributed by atoms with van der Waals surface area (Å²) in [5.41, 5.74) is 2.94. The minimum absolute atomic E-state index is 0.0559. The number of carbonyl (C=O) groups excluding carboxylic acids is 1. The van der Waals surface area contributed by atoms with Crippen molar-refractivity contribution in [3.63, 3.8) is 0 Å². The summed E-state index contributed by atoms with van der Waals surface area (Å²) in [7, 11) is 0. The Hall–Kier alpha value is -2.14. The summed E-state index contributed by atoms with van der Waals surface area (Å²) in [5, 5.41) is 11.9. The van der Waals surface area contributed by atoms with E-state index in [9.17, 15) is 9.18 Å². The first kappa shape index (κ1) is 18.2. The molecule has 0 aliphatic heterocycles. The molecule has 1 aromatic carbocycles. The van der Waals surface area contributed by atoms with E-state index in [1.54, 1.807) is 12.1 Å². The maximum Gasteiger partial charge on any atom is 0.243 e. The first-order chi connectivity index (χ1) is 11.5. The molecule has 2 rings (SSSR count). The largest absolute Gasteiger partial charge is 0.396 e. The van der Waals surface area contributed by atoms with Crippen molar-refractivity contribution in [2.24, 2.45) is 0 Å². The van der Waals surface area contributed by atoms with Gasteiger partial charge in [-0.25, -0.2) is 4.39 Å². The number of benzene rings is 1. The summed E-state index contributed by atoms with van der Waals surface area (Å²) < 4.78 is 15.0. The molecule has 1 heterocycles. The van der Waals surface area contributed by atoms with E-state index in [0.717, 1.165) is 23.4 Å². The summed E-state index contributed by atoms with van der Waals surface area (Å²) in [6.45, 7) is 4.47. The fourth-order valence-corrected chi connectivity index (χ4v) is 2.91. The highest BCUT2D eigenvalue weighted by Crippen LogP contribution is 2.21. The quantitative estimate of drug-likeness (QED) is 0.729. The van der Waals surface area contributed by atoms with Crippen molar-refractivity contribution in [3.8, 4) is 0 Å². The molecule has 1 aromatic heterocycles. The van der Waals surface area contributed by atoms with Gasteiger partial charge < -0.3 is 15.0 Å². The lowest BCUT2D eigenvalue weighted by Crippen LogP contribution is -2.33. The van der Waals surface area contributed by atoms with Crippen LogP contribution in [0.25, 0.3) is 0 Å². The van der Waals surface area contributed by atoms with Gasteiger partial charge in [-0.3, -0.25) is 4.79 Å². The van der Waals surface area contributed by atoms with Crippen LogP contribution in [0.4, 0.5) is 4.39 Å². The highest BCUT2D eigenvalue weighted by Gasteiger charge is 2.22. The Labute approximate surface area is 142 Å². The third-order valence-electron chi connectivity index (χ3n) is 4.21. The lowest BCUT2D eigenvalue weighted by Gasteiger charge is -2.22. The summed E-state index contributed by atoms with van der Waals surface area (Å²) >= 11 is 0. The summed E-state index contributed by atoms with van der Waals surface area (Å²) in [5.74, 6) is -0.342. The van der Waals surface area contributed by atoms with Gasteiger partial charge in [0.15, 0.2) is 0 Å². The molecule has 0 saturated carbocycles. The van der Waals surface area contributed by atoms with Gasteiger partial charge in [-0.15, -0.1) is 0 Å². The van der Waals surface area contributed by atoms with E-state index in [-0.39, 0.29) is 24.4 Å². The SMILES string of the molecule is Cc1ccc(C)n1C(CCCCO)C(=O)NCc1ccc(F)cc1. The van der Waals surface area contributed by atoms with Crippen LogP contribution >= 0.6 is 0 Å². The number of aliphatic hydroxyl groups is 1. The van der Waals surface area contributed by atoms with Crippen LogP contribution in [0.15, 0.2) is 36.4 Å². The van der Waals surface area contributed by atoms with E-state index >= 15 is 0 Å². The third-order valence-corrected chi connectivity index (χ3v) is 4.21. The molecular formula is C19H25FN2O2. The first-order valence-corrected chi connectivity index (χ1v) is 8.30. The maximum absolute atomic E-state index is 13.0. The molecule has 0 saturated heterocycles. The van der Waals surface area contributed by atoms with E-state index in [1.807, 2.05) is 30.5 Å². The molecule has 1 unspecified atom stereocenters. The molecule has 24 heavy (non-hydrogen) atoms. The average molecular weight is 332 g/mol. The molecule has 0 aliphatic carbocycles. The van der Waals surface area contributed by atoms with Crippen LogP contribution in [0.2, 0.25) is 0 Å². The van der Waals surface area contributed by atoms with Crippen LogP contribution in [0, 0.1) is 19.7 Å². The van der Waals surface area contributed by atoms with E-state index < -0.39 is 0 Å². The zero-order valence-electron chi connectivity index (χ0n) is 14.3. The van der Waals surface area contributed by atoms with Crippen molar-refractivity contribution >= 4 is 5.91 Å². The van der Waals surface area contributed by atoms with Crippen molar-refractivity contribution in [1.82, 2.24) is 9.88 Å². The van der Waals surface area contributed by atoms with E-state index in [0.29, 0.717) is 19.4 Å². The summed E-state index contributed by atoms with van der Waals surface area (Å²) in [6.07, 6.45) is 2.13. The Balaban J connectivity index is 2.07. The maximum atomic E-state index is 13.0. The molecule has 0 fully saturated rings. The lowest BCUT2D eigenvalue weighted by atomic mass is 10.1. The molecule has 2 aromatic rings. The second-order valence-corrected chi connectivity index (χ2v) is 6.07. The summed E-state index contributed by atoms with van der Waals surface area (Å²) in [6, 6.07) is 9.82. The zero-order valence-corrected chi connectivity index (χ0v) is 14.3. The fraction of sp³-hybridized carbons (Fsp3) is 0.421. The first-order valence-electron chi connectivity index (χ1n) is 8.30. The van der Waals surface area contributed by atoms with Crippen LogP contribution in [0.1, 0.15) is 42.3 Å². The minimum Gasteiger partial charge on any atom is -0.396 e. The van der Waals surface area contributed by atoms with Gasteiger partial charge in [0, 0.05) is 24.5 Å². The van der Waals surface area contributed by atoms with Crippen LogP contribution < -0.4 is 5.32 Å². The number of aromatic nitrogens is 1. The Morgan fingerprint density at radius 2 is 1.75 bits per heavy atom. The number of nitrogens with one attached hydrogen (secondary N) is 1. The van der Waals surface area contributed by atoms with Crippen LogP contribution in [0.5, 0.6) is 0 Å².